The maximum Gasteiger partial charge on any atom is 0.252 e. The lowest BCUT2D eigenvalue weighted by Gasteiger charge is -2.06. The molecule has 90 valence electrons. The van der Waals surface area contributed by atoms with E-state index in [9.17, 15) is 17.6 Å². The fourth-order valence-corrected chi connectivity index (χ4v) is 1.48. The van der Waals surface area contributed by atoms with E-state index < -0.39 is 29.1 Å². The zero-order valence-electron chi connectivity index (χ0n) is 8.72. The van der Waals surface area contributed by atoms with E-state index in [-0.39, 0.29) is 11.1 Å². The van der Waals surface area contributed by atoms with Gasteiger partial charge in [0.1, 0.15) is 0 Å². The molecule has 0 spiro atoms. The highest BCUT2D eigenvalue weighted by atomic mass is 19.2. The Kier molecular flexibility index (Phi) is 2.98. The van der Waals surface area contributed by atoms with Crippen molar-refractivity contribution in [2.24, 2.45) is 0 Å². The molecular formula is C12H4F4N2. The van der Waals surface area contributed by atoms with Crippen molar-refractivity contribution in [2.75, 3.05) is 0 Å². The maximum absolute atomic E-state index is 13.4. The quantitative estimate of drug-likeness (QED) is 0.577. The van der Waals surface area contributed by atoms with Gasteiger partial charge in [0.25, 0.3) is 11.9 Å². The van der Waals surface area contributed by atoms with Gasteiger partial charge in [0, 0.05) is 0 Å². The molecule has 1 aromatic carbocycles. The zero-order valence-corrected chi connectivity index (χ0v) is 8.72. The number of nitrogens with zero attached hydrogens (tertiary/aromatic N) is 2. The largest absolute Gasteiger partial charge is 0.252 e. The summed E-state index contributed by atoms with van der Waals surface area (Å²) in [4.78, 5) is 2.45. The molecule has 0 saturated carbocycles. The summed E-state index contributed by atoms with van der Waals surface area (Å²) in [6, 6.07) is 6.87. The topological polar surface area (TPSA) is 36.7 Å². The standard InChI is InChI=1S/C12H4F4N2/c13-9-8(10(14)12(16)18-11(9)15)7-3-1-2-6(4-7)5-17/h1-4H. The highest BCUT2D eigenvalue weighted by Crippen LogP contribution is 2.28. The third-order valence-corrected chi connectivity index (χ3v) is 2.28. The molecule has 6 heteroatoms. The summed E-state index contributed by atoms with van der Waals surface area (Å²) in [6.07, 6.45) is 0. The zero-order chi connectivity index (χ0) is 13.3. The molecule has 0 N–H and O–H groups in total. The first-order valence-corrected chi connectivity index (χ1v) is 4.75. The van der Waals surface area contributed by atoms with Gasteiger partial charge in [0.05, 0.1) is 17.2 Å². The SMILES string of the molecule is N#Cc1cccc(-c2c(F)c(F)nc(F)c2F)c1. The van der Waals surface area contributed by atoms with E-state index in [1.807, 2.05) is 0 Å². The molecule has 0 amide bonds. The molecule has 18 heavy (non-hydrogen) atoms. The van der Waals surface area contributed by atoms with Gasteiger partial charge in [-0.15, -0.1) is 0 Å². The minimum atomic E-state index is -1.73. The summed E-state index contributed by atoms with van der Waals surface area (Å²) in [5.74, 6) is -6.65. The van der Waals surface area contributed by atoms with E-state index >= 15 is 0 Å². The van der Waals surface area contributed by atoms with Crippen molar-refractivity contribution in [1.82, 2.24) is 4.98 Å². The Morgan fingerprint density at radius 3 is 2.17 bits per heavy atom. The molecule has 0 fully saturated rings. The molecule has 2 nitrogen and oxygen atoms in total. The van der Waals surface area contributed by atoms with Gasteiger partial charge in [-0.25, -0.2) is 8.78 Å². The van der Waals surface area contributed by atoms with Crippen LogP contribution in [0.2, 0.25) is 0 Å². The number of hydrogen-bond acceptors (Lipinski definition) is 2. The highest BCUT2D eigenvalue weighted by molar-refractivity contribution is 5.66. The smallest absolute Gasteiger partial charge is 0.201 e. The maximum atomic E-state index is 13.4. The second kappa shape index (κ2) is 4.45. The number of rotatable bonds is 1. The van der Waals surface area contributed by atoms with E-state index in [0.29, 0.717) is 0 Å². The van der Waals surface area contributed by atoms with Crippen LogP contribution in [-0.4, -0.2) is 4.98 Å². The molecule has 1 aromatic heterocycles. The monoisotopic (exact) mass is 252 g/mol. The van der Waals surface area contributed by atoms with E-state index in [1.54, 1.807) is 6.07 Å². The fourth-order valence-electron chi connectivity index (χ4n) is 1.48. The Hall–Kier alpha value is -2.42. The number of hydrogen-bond donors (Lipinski definition) is 0. The van der Waals surface area contributed by atoms with Crippen molar-refractivity contribution >= 4 is 0 Å². The third kappa shape index (κ3) is 1.91. The summed E-state index contributed by atoms with van der Waals surface area (Å²) in [5.41, 5.74) is -0.898. The second-order valence-electron chi connectivity index (χ2n) is 3.39. The number of halogens is 4. The van der Waals surface area contributed by atoms with Crippen molar-refractivity contribution in [1.29, 1.82) is 5.26 Å². The van der Waals surface area contributed by atoms with Crippen LogP contribution in [-0.2, 0) is 0 Å². The summed E-state index contributed by atoms with van der Waals surface area (Å²) >= 11 is 0. The Morgan fingerprint density at radius 1 is 1.00 bits per heavy atom. The van der Waals surface area contributed by atoms with E-state index in [2.05, 4.69) is 4.98 Å². The number of benzene rings is 1. The van der Waals surface area contributed by atoms with Crippen LogP contribution in [0, 0.1) is 34.9 Å². The average molecular weight is 252 g/mol. The van der Waals surface area contributed by atoms with E-state index in [0.717, 1.165) is 6.07 Å². The van der Waals surface area contributed by atoms with Crippen LogP contribution in [0.3, 0.4) is 0 Å². The highest BCUT2D eigenvalue weighted by Gasteiger charge is 2.21. The van der Waals surface area contributed by atoms with Gasteiger partial charge in [0.15, 0.2) is 11.6 Å². The fraction of sp³-hybridized carbons (Fsp3) is 0. The number of pyridine rings is 1. The van der Waals surface area contributed by atoms with Crippen molar-refractivity contribution in [3.63, 3.8) is 0 Å². The molecular weight excluding hydrogens is 248 g/mol. The minimum Gasteiger partial charge on any atom is -0.201 e. The molecule has 0 radical (unpaired) electrons. The molecule has 0 saturated heterocycles. The minimum absolute atomic E-state index is 0.115. The molecule has 0 bridgehead atoms. The first-order valence-electron chi connectivity index (χ1n) is 4.75. The summed E-state index contributed by atoms with van der Waals surface area (Å²) in [6.45, 7) is 0. The number of aromatic nitrogens is 1. The van der Waals surface area contributed by atoms with Crippen LogP contribution in [0.1, 0.15) is 5.56 Å². The van der Waals surface area contributed by atoms with E-state index in [1.165, 1.54) is 18.2 Å². The average Bonchev–Trinajstić information content (AvgIpc) is 2.37. The molecule has 0 aliphatic heterocycles. The first kappa shape index (κ1) is 12.0. The second-order valence-corrected chi connectivity index (χ2v) is 3.39. The van der Waals surface area contributed by atoms with Crippen molar-refractivity contribution in [2.45, 2.75) is 0 Å². The predicted octanol–water partition coefficient (Wildman–Crippen LogP) is 3.18. The van der Waals surface area contributed by atoms with Crippen molar-refractivity contribution in [3.8, 4) is 17.2 Å². The van der Waals surface area contributed by atoms with Crippen LogP contribution < -0.4 is 0 Å². The number of nitriles is 1. The molecule has 0 atom stereocenters. The van der Waals surface area contributed by atoms with Gasteiger partial charge >= 0.3 is 0 Å². The Morgan fingerprint density at radius 2 is 1.61 bits per heavy atom. The lowest BCUT2D eigenvalue weighted by atomic mass is 10.0. The summed E-state index contributed by atoms with van der Waals surface area (Å²) in [5, 5.41) is 8.66. The Balaban J connectivity index is 2.75. The van der Waals surface area contributed by atoms with Crippen molar-refractivity contribution in [3.05, 3.63) is 53.4 Å². The van der Waals surface area contributed by atoms with Gasteiger partial charge < -0.3 is 0 Å². The van der Waals surface area contributed by atoms with Crippen LogP contribution in [0.4, 0.5) is 17.6 Å². The predicted molar refractivity (Wildman–Crippen MR) is 54.2 cm³/mol. The lowest BCUT2D eigenvalue weighted by Crippen LogP contribution is -2.03. The third-order valence-electron chi connectivity index (χ3n) is 2.28. The van der Waals surface area contributed by atoms with Crippen molar-refractivity contribution < 1.29 is 17.6 Å². The normalized spacial score (nSPS) is 10.2. The molecule has 2 rings (SSSR count). The lowest BCUT2D eigenvalue weighted by molar-refractivity contribution is 0.410. The molecule has 0 aliphatic carbocycles. The van der Waals surface area contributed by atoms with Crippen LogP contribution in [0.5, 0.6) is 0 Å². The van der Waals surface area contributed by atoms with Crippen LogP contribution in [0.25, 0.3) is 11.1 Å². The Labute approximate surface area is 99.1 Å². The summed E-state index contributed by atoms with van der Waals surface area (Å²) < 4.78 is 52.7. The van der Waals surface area contributed by atoms with Gasteiger partial charge in [-0.05, 0) is 17.7 Å². The summed E-state index contributed by atoms with van der Waals surface area (Å²) in [7, 11) is 0. The van der Waals surface area contributed by atoms with Gasteiger partial charge in [-0.2, -0.15) is 19.0 Å². The molecule has 2 aromatic rings. The molecule has 0 unspecified atom stereocenters. The van der Waals surface area contributed by atoms with Crippen LogP contribution >= 0.6 is 0 Å². The van der Waals surface area contributed by atoms with Gasteiger partial charge in [-0.1, -0.05) is 12.1 Å². The van der Waals surface area contributed by atoms with E-state index in [4.69, 9.17) is 5.26 Å². The first-order chi connectivity index (χ1) is 8.54. The van der Waals surface area contributed by atoms with Gasteiger partial charge in [-0.3, -0.25) is 0 Å². The Bertz CT molecular complexity index is 636. The van der Waals surface area contributed by atoms with Crippen LogP contribution in [0.15, 0.2) is 24.3 Å². The molecule has 1 heterocycles. The van der Waals surface area contributed by atoms with Gasteiger partial charge in [0.2, 0.25) is 0 Å². The molecule has 0 aliphatic rings.